The van der Waals surface area contributed by atoms with Crippen LogP contribution in [0.5, 0.6) is 0 Å². The van der Waals surface area contributed by atoms with Crippen molar-refractivity contribution in [1.29, 1.82) is 0 Å². The Balaban J connectivity index is 1.60. The van der Waals surface area contributed by atoms with Crippen LogP contribution >= 0.6 is 0 Å². The Bertz CT molecular complexity index is 265. The molecule has 0 heterocycles. The summed E-state index contributed by atoms with van der Waals surface area (Å²) in [6.45, 7) is 0.664. The molecule has 3 heteroatoms. The van der Waals surface area contributed by atoms with Crippen molar-refractivity contribution in [3.63, 3.8) is 0 Å². The number of carbonyl (C=O) groups excluding carboxylic acids is 1. The molecule has 1 amide bonds. The Morgan fingerprint density at radius 2 is 1.87 bits per heavy atom. The molecule has 0 radical (unpaired) electrons. The van der Waals surface area contributed by atoms with Crippen LogP contribution in [0.2, 0.25) is 0 Å². The maximum atomic E-state index is 12.2. The van der Waals surface area contributed by atoms with E-state index in [1.165, 1.54) is 6.42 Å². The Morgan fingerprint density at radius 1 is 1.20 bits per heavy atom. The van der Waals surface area contributed by atoms with Gasteiger partial charge in [0.25, 0.3) is 0 Å². The molecule has 0 aromatic heterocycles. The molecule has 84 valence electrons. The van der Waals surface area contributed by atoms with Gasteiger partial charge in [-0.05, 0) is 43.9 Å². The maximum Gasteiger partial charge on any atom is 0.226 e. The molecule has 3 rings (SSSR count). The summed E-state index contributed by atoms with van der Waals surface area (Å²) < 4.78 is 0. The van der Waals surface area contributed by atoms with Gasteiger partial charge >= 0.3 is 0 Å². The average Bonchev–Trinajstić information content (AvgIpc) is 3.15. The summed E-state index contributed by atoms with van der Waals surface area (Å²) in [7, 11) is 0. The maximum absolute atomic E-state index is 12.2. The number of rotatable bonds is 4. The van der Waals surface area contributed by atoms with Crippen molar-refractivity contribution in [3.8, 4) is 0 Å². The van der Waals surface area contributed by atoms with Crippen LogP contribution in [0.1, 0.15) is 32.1 Å². The molecule has 0 aromatic rings. The molecule has 1 N–H and O–H groups in total. The highest BCUT2D eigenvalue weighted by atomic mass is 16.3. The molecule has 0 spiro atoms. The summed E-state index contributed by atoms with van der Waals surface area (Å²) in [5.41, 5.74) is 0. The van der Waals surface area contributed by atoms with Gasteiger partial charge in [0.15, 0.2) is 0 Å². The van der Waals surface area contributed by atoms with Crippen molar-refractivity contribution in [3.05, 3.63) is 0 Å². The summed E-state index contributed by atoms with van der Waals surface area (Å²) in [6, 6.07) is 0.460. The van der Waals surface area contributed by atoms with Crippen molar-refractivity contribution >= 4 is 5.91 Å². The first-order chi connectivity index (χ1) is 7.29. The summed E-state index contributed by atoms with van der Waals surface area (Å²) in [6.07, 6.45) is 5.90. The zero-order valence-electron chi connectivity index (χ0n) is 9.06. The number of aliphatic hydroxyl groups excluding tert-OH is 1. The number of nitrogens with zero attached hydrogens (tertiary/aromatic N) is 1. The second-order valence-electron chi connectivity index (χ2n) is 5.41. The van der Waals surface area contributed by atoms with Crippen LogP contribution in [-0.4, -0.2) is 35.1 Å². The Kier molecular flexibility index (Phi) is 2.23. The van der Waals surface area contributed by atoms with Gasteiger partial charge in [0, 0.05) is 18.5 Å². The van der Waals surface area contributed by atoms with E-state index in [0.717, 1.165) is 37.5 Å². The zero-order chi connectivity index (χ0) is 10.4. The first kappa shape index (κ1) is 9.64. The van der Waals surface area contributed by atoms with E-state index in [-0.39, 0.29) is 6.61 Å². The van der Waals surface area contributed by atoms with Crippen LogP contribution in [0, 0.1) is 17.8 Å². The summed E-state index contributed by atoms with van der Waals surface area (Å²) >= 11 is 0. The SMILES string of the molecule is O=C(C1CC2CC2C1)N(CCO)C1CC1. The molecule has 2 unspecified atom stereocenters. The van der Waals surface area contributed by atoms with Gasteiger partial charge in [0.05, 0.1) is 6.61 Å². The van der Waals surface area contributed by atoms with Crippen LogP contribution in [0.15, 0.2) is 0 Å². The fraction of sp³-hybridized carbons (Fsp3) is 0.917. The molecule has 3 fully saturated rings. The molecular formula is C12H19NO2. The van der Waals surface area contributed by atoms with Crippen molar-refractivity contribution < 1.29 is 9.90 Å². The smallest absolute Gasteiger partial charge is 0.226 e. The molecule has 0 aromatic carbocycles. The predicted molar refractivity (Wildman–Crippen MR) is 56.1 cm³/mol. The Labute approximate surface area is 90.5 Å². The molecule has 0 bridgehead atoms. The number of carbonyl (C=O) groups is 1. The van der Waals surface area contributed by atoms with Crippen LogP contribution in [0.25, 0.3) is 0 Å². The lowest BCUT2D eigenvalue weighted by atomic mass is 10.0. The minimum atomic E-state index is 0.113. The molecule has 3 saturated carbocycles. The highest BCUT2D eigenvalue weighted by molar-refractivity contribution is 5.80. The third-order valence-corrected chi connectivity index (χ3v) is 4.20. The molecule has 3 aliphatic rings. The lowest BCUT2D eigenvalue weighted by Crippen LogP contribution is -2.39. The summed E-state index contributed by atoms with van der Waals surface area (Å²) in [5, 5.41) is 8.97. The van der Waals surface area contributed by atoms with E-state index in [1.807, 2.05) is 4.90 Å². The van der Waals surface area contributed by atoms with E-state index in [1.54, 1.807) is 0 Å². The molecule has 15 heavy (non-hydrogen) atoms. The van der Waals surface area contributed by atoms with Crippen molar-refractivity contribution in [1.82, 2.24) is 4.90 Å². The number of amides is 1. The zero-order valence-corrected chi connectivity index (χ0v) is 9.06. The van der Waals surface area contributed by atoms with Crippen molar-refractivity contribution in [2.45, 2.75) is 38.1 Å². The van der Waals surface area contributed by atoms with E-state index in [9.17, 15) is 4.79 Å². The quantitative estimate of drug-likeness (QED) is 0.751. The van der Waals surface area contributed by atoms with Gasteiger partial charge in [0.1, 0.15) is 0 Å². The highest BCUT2D eigenvalue weighted by Crippen LogP contribution is 2.54. The minimum Gasteiger partial charge on any atom is -0.395 e. The van der Waals surface area contributed by atoms with Crippen LogP contribution < -0.4 is 0 Å². The first-order valence-corrected chi connectivity index (χ1v) is 6.21. The molecule has 0 saturated heterocycles. The van der Waals surface area contributed by atoms with Gasteiger partial charge in [0.2, 0.25) is 5.91 Å². The van der Waals surface area contributed by atoms with E-state index >= 15 is 0 Å². The van der Waals surface area contributed by atoms with Crippen LogP contribution in [-0.2, 0) is 4.79 Å². The lowest BCUT2D eigenvalue weighted by Gasteiger charge is -2.25. The van der Waals surface area contributed by atoms with E-state index in [0.29, 0.717) is 24.4 Å². The number of hydrogen-bond donors (Lipinski definition) is 1. The third-order valence-electron chi connectivity index (χ3n) is 4.20. The molecule has 2 atom stereocenters. The van der Waals surface area contributed by atoms with Crippen LogP contribution in [0.3, 0.4) is 0 Å². The average molecular weight is 209 g/mol. The lowest BCUT2D eigenvalue weighted by molar-refractivity contribution is -0.136. The Hall–Kier alpha value is -0.570. The monoisotopic (exact) mass is 209 g/mol. The van der Waals surface area contributed by atoms with Crippen molar-refractivity contribution in [2.75, 3.05) is 13.2 Å². The minimum absolute atomic E-state index is 0.113. The standard InChI is InChI=1S/C12H19NO2/c14-4-3-13(11-1-2-11)12(15)10-6-8-5-9(8)7-10/h8-11,14H,1-7H2. The largest absolute Gasteiger partial charge is 0.395 e. The van der Waals surface area contributed by atoms with Crippen LogP contribution in [0.4, 0.5) is 0 Å². The summed E-state index contributed by atoms with van der Waals surface area (Å²) in [5.74, 6) is 2.36. The van der Waals surface area contributed by atoms with Crippen molar-refractivity contribution in [2.24, 2.45) is 17.8 Å². The van der Waals surface area contributed by atoms with Gasteiger partial charge in [-0.25, -0.2) is 0 Å². The summed E-state index contributed by atoms with van der Waals surface area (Å²) in [4.78, 5) is 14.1. The Morgan fingerprint density at radius 3 is 2.40 bits per heavy atom. The molecule has 3 aliphatic carbocycles. The second-order valence-corrected chi connectivity index (χ2v) is 5.41. The highest BCUT2D eigenvalue weighted by Gasteiger charge is 2.49. The van der Waals surface area contributed by atoms with Gasteiger partial charge in [-0.2, -0.15) is 0 Å². The van der Waals surface area contributed by atoms with Gasteiger partial charge < -0.3 is 10.0 Å². The van der Waals surface area contributed by atoms with E-state index < -0.39 is 0 Å². The normalized spacial score (nSPS) is 37.5. The molecule has 3 nitrogen and oxygen atoms in total. The third kappa shape index (κ3) is 1.78. The van der Waals surface area contributed by atoms with Gasteiger partial charge in [-0.3, -0.25) is 4.79 Å². The number of fused-ring (bicyclic) bond motifs is 1. The van der Waals surface area contributed by atoms with Gasteiger partial charge in [-0.1, -0.05) is 0 Å². The molecular weight excluding hydrogens is 190 g/mol. The predicted octanol–water partition coefficient (Wildman–Crippen LogP) is 1.02. The first-order valence-electron chi connectivity index (χ1n) is 6.21. The van der Waals surface area contributed by atoms with Gasteiger partial charge in [-0.15, -0.1) is 0 Å². The fourth-order valence-corrected chi connectivity index (χ4v) is 3.12. The van der Waals surface area contributed by atoms with E-state index in [2.05, 4.69) is 0 Å². The second kappa shape index (κ2) is 3.48. The fourth-order valence-electron chi connectivity index (χ4n) is 3.12. The van der Waals surface area contributed by atoms with E-state index in [4.69, 9.17) is 5.11 Å². The number of aliphatic hydroxyl groups is 1. The molecule has 0 aliphatic heterocycles. The topological polar surface area (TPSA) is 40.5 Å². The number of hydrogen-bond acceptors (Lipinski definition) is 2.